The number of ketones is 1. The normalized spacial score (nSPS) is 16.2. The average Bonchev–Trinajstić information content (AvgIpc) is 2.79. The Morgan fingerprint density at radius 2 is 1.58 bits per heavy atom. The molecule has 0 bridgehead atoms. The minimum atomic E-state index is -1.29. The summed E-state index contributed by atoms with van der Waals surface area (Å²) in [4.78, 5) is 36.5. The van der Waals surface area contributed by atoms with E-state index in [1.165, 1.54) is 24.8 Å². The topological polar surface area (TPSA) is 95.5 Å². The number of carbonyl (C=O) groups excluding carboxylic acids is 2. The van der Waals surface area contributed by atoms with Crippen LogP contribution in [0.4, 0.5) is 4.79 Å². The van der Waals surface area contributed by atoms with Crippen molar-refractivity contribution in [3.63, 3.8) is 0 Å². The van der Waals surface area contributed by atoms with E-state index in [1.807, 2.05) is 36.4 Å². The molecule has 3 N–H and O–H groups in total. The molecule has 0 spiro atoms. The van der Waals surface area contributed by atoms with E-state index in [1.54, 1.807) is 6.92 Å². The Kier molecular flexibility index (Phi) is 8.64. The zero-order chi connectivity index (χ0) is 23.7. The first-order valence-corrected chi connectivity index (χ1v) is 11.8. The molecule has 33 heavy (non-hydrogen) atoms. The zero-order valence-electron chi connectivity index (χ0n) is 19.3. The highest BCUT2D eigenvalue weighted by Crippen LogP contribution is 2.47. The van der Waals surface area contributed by atoms with Crippen LogP contribution in [-0.4, -0.2) is 28.9 Å². The Balaban J connectivity index is 1.50. The molecule has 2 atom stereocenters. The van der Waals surface area contributed by atoms with Gasteiger partial charge in [-0.15, -0.1) is 0 Å². The van der Waals surface area contributed by atoms with Crippen molar-refractivity contribution in [3.8, 4) is 0 Å². The molecule has 0 saturated heterocycles. The van der Waals surface area contributed by atoms with Gasteiger partial charge in [-0.2, -0.15) is 0 Å². The lowest BCUT2D eigenvalue weighted by atomic mass is 9.63. The zero-order valence-corrected chi connectivity index (χ0v) is 19.3. The van der Waals surface area contributed by atoms with Gasteiger partial charge in [-0.05, 0) is 55.6 Å². The van der Waals surface area contributed by atoms with Crippen LogP contribution < -0.4 is 10.6 Å². The predicted molar refractivity (Wildman–Crippen MR) is 128 cm³/mol. The third-order valence-corrected chi connectivity index (χ3v) is 6.77. The first-order valence-electron chi connectivity index (χ1n) is 11.8. The monoisotopic (exact) mass is 450 g/mol. The van der Waals surface area contributed by atoms with Crippen molar-refractivity contribution in [1.82, 2.24) is 10.6 Å². The van der Waals surface area contributed by atoms with Crippen LogP contribution in [0.3, 0.4) is 0 Å². The second kappa shape index (κ2) is 11.6. The van der Waals surface area contributed by atoms with Crippen LogP contribution in [0.2, 0.25) is 0 Å². The van der Waals surface area contributed by atoms with Gasteiger partial charge in [0.2, 0.25) is 5.78 Å². The molecule has 1 aliphatic rings. The summed E-state index contributed by atoms with van der Waals surface area (Å²) in [5.74, 6) is -1.49. The molecule has 2 aromatic rings. The quantitative estimate of drug-likeness (QED) is 0.312. The summed E-state index contributed by atoms with van der Waals surface area (Å²) in [7, 11) is 0. The number of carboxylic acid groups (broad SMARTS) is 1. The maximum absolute atomic E-state index is 12.7. The first-order chi connectivity index (χ1) is 15.9. The summed E-state index contributed by atoms with van der Waals surface area (Å²) < 4.78 is 0. The van der Waals surface area contributed by atoms with Crippen molar-refractivity contribution in [2.24, 2.45) is 5.41 Å². The standard InChI is InChI=1S/C27H34N2O4/c1-20(22-13-6-3-7-14-22)28-25(31)24(30)23(29-26(32)33)15-8-9-16-27(17-10-18-27)19-21-11-4-2-5-12-21/h2-7,11-14,20,23,29H,8-10,15-19H2,1H3,(H,28,31)(H,32,33)/t20-,23+/m1/s1. The van der Waals surface area contributed by atoms with Crippen LogP contribution in [0.1, 0.15) is 69.0 Å². The van der Waals surface area contributed by atoms with Crippen LogP contribution in [0, 0.1) is 5.41 Å². The number of amides is 2. The third-order valence-electron chi connectivity index (χ3n) is 6.77. The summed E-state index contributed by atoms with van der Waals surface area (Å²) in [6, 6.07) is 18.5. The molecule has 0 unspecified atom stereocenters. The lowest BCUT2D eigenvalue weighted by Crippen LogP contribution is -2.47. The largest absolute Gasteiger partial charge is 0.465 e. The number of Topliss-reactive ketones (excluding diaryl/α,β-unsaturated/α-hetero) is 1. The predicted octanol–water partition coefficient (Wildman–Crippen LogP) is 5.04. The highest BCUT2D eigenvalue weighted by atomic mass is 16.4. The fraction of sp³-hybridized carbons (Fsp3) is 0.444. The van der Waals surface area contributed by atoms with Crippen molar-refractivity contribution < 1.29 is 19.5 Å². The van der Waals surface area contributed by atoms with Crippen molar-refractivity contribution in [2.75, 3.05) is 0 Å². The van der Waals surface area contributed by atoms with Gasteiger partial charge in [0, 0.05) is 0 Å². The van der Waals surface area contributed by atoms with E-state index in [4.69, 9.17) is 0 Å². The number of carbonyl (C=O) groups is 3. The lowest BCUT2D eigenvalue weighted by Gasteiger charge is -2.42. The molecule has 0 aromatic heterocycles. The van der Waals surface area contributed by atoms with Crippen LogP contribution in [0.5, 0.6) is 0 Å². The van der Waals surface area contributed by atoms with Crippen LogP contribution in [0.15, 0.2) is 60.7 Å². The van der Waals surface area contributed by atoms with E-state index in [9.17, 15) is 19.5 Å². The fourth-order valence-electron chi connectivity index (χ4n) is 4.74. The first kappa shape index (κ1) is 24.5. The van der Waals surface area contributed by atoms with E-state index in [2.05, 4.69) is 34.9 Å². The van der Waals surface area contributed by atoms with Crippen LogP contribution in [-0.2, 0) is 16.0 Å². The minimum Gasteiger partial charge on any atom is -0.465 e. The molecule has 176 valence electrons. The van der Waals surface area contributed by atoms with Crippen molar-refractivity contribution in [2.45, 2.75) is 70.4 Å². The van der Waals surface area contributed by atoms with E-state index in [0.29, 0.717) is 18.3 Å². The van der Waals surface area contributed by atoms with Gasteiger partial charge in [0.25, 0.3) is 5.91 Å². The highest BCUT2D eigenvalue weighted by Gasteiger charge is 2.36. The minimum absolute atomic E-state index is 0.309. The van der Waals surface area contributed by atoms with Gasteiger partial charge in [-0.1, -0.05) is 79.9 Å². The number of nitrogens with one attached hydrogen (secondary N) is 2. The molecule has 0 radical (unpaired) electrons. The molecule has 0 aliphatic heterocycles. The highest BCUT2D eigenvalue weighted by molar-refractivity contribution is 6.38. The Bertz CT molecular complexity index is 926. The molecule has 1 aliphatic carbocycles. The SMILES string of the molecule is C[C@@H](NC(=O)C(=O)[C@H](CCCCC1(Cc2ccccc2)CCC1)NC(=O)O)c1ccccc1. The Hall–Kier alpha value is -3.15. The molecule has 2 amide bonds. The number of hydrogen-bond donors (Lipinski definition) is 3. The summed E-state index contributed by atoms with van der Waals surface area (Å²) in [6.45, 7) is 1.80. The molecular weight excluding hydrogens is 416 g/mol. The number of rotatable bonds is 12. The molecule has 1 fully saturated rings. The van der Waals surface area contributed by atoms with Crippen LogP contribution in [0.25, 0.3) is 0 Å². The summed E-state index contributed by atoms with van der Waals surface area (Å²) in [5.41, 5.74) is 2.54. The fourth-order valence-corrected chi connectivity index (χ4v) is 4.74. The van der Waals surface area contributed by atoms with E-state index < -0.39 is 23.8 Å². The lowest BCUT2D eigenvalue weighted by molar-refractivity contribution is -0.139. The van der Waals surface area contributed by atoms with Gasteiger partial charge >= 0.3 is 6.09 Å². The number of hydrogen-bond acceptors (Lipinski definition) is 3. The molecule has 0 heterocycles. The van der Waals surface area contributed by atoms with Gasteiger partial charge in [0.1, 0.15) is 6.04 Å². The van der Waals surface area contributed by atoms with Crippen molar-refractivity contribution >= 4 is 17.8 Å². The van der Waals surface area contributed by atoms with Crippen LogP contribution >= 0.6 is 0 Å². The average molecular weight is 451 g/mol. The second-order valence-corrected chi connectivity index (χ2v) is 9.23. The Morgan fingerprint density at radius 3 is 2.15 bits per heavy atom. The Labute approximate surface area is 195 Å². The molecule has 1 saturated carbocycles. The van der Waals surface area contributed by atoms with Gasteiger partial charge in [-0.3, -0.25) is 9.59 Å². The summed E-state index contributed by atoms with van der Waals surface area (Å²) in [5, 5.41) is 14.1. The third kappa shape index (κ3) is 7.17. The van der Waals surface area contributed by atoms with E-state index >= 15 is 0 Å². The molecule has 6 heteroatoms. The molecule has 6 nitrogen and oxygen atoms in total. The smallest absolute Gasteiger partial charge is 0.405 e. The maximum Gasteiger partial charge on any atom is 0.405 e. The van der Waals surface area contributed by atoms with Gasteiger partial charge < -0.3 is 15.7 Å². The van der Waals surface area contributed by atoms with Gasteiger partial charge in [0.15, 0.2) is 0 Å². The number of benzene rings is 2. The number of unbranched alkanes of at least 4 members (excludes halogenated alkanes) is 1. The van der Waals surface area contributed by atoms with Crippen molar-refractivity contribution in [1.29, 1.82) is 0 Å². The Morgan fingerprint density at radius 1 is 0.939 bits per heavy atom. The molecule has 3 rings (SSSR count). The maximum atomic E-state index is 12.7. The summed E-state index contributed by atoms with van der Waals surface area (Å²) >= 11 is 0. The molecular formula is C27H34N2O4. The van der Waals surface area contributed by atoms with Gasteiger partial charge in [-0.25, -0.2) is 4.79 Å². The van der Waals surface area contributed by atoms with Crippen molar-refractivity contribution in [3.05, 3.63) is 71.8 Å². The second-order valence-electron chi connectivity index (χ2n) is 9.23. The summed E-state index contributed by atoms with van der Waals surface area (Å²) in [6.07, 6.45) is 6.38. The van der Waals surface area contributed by atoms with Gasteiger partial charge in [0.05, 0.1) is 6.04 Å². The van der Waals surface area contributed by atoms with E-state index in [-0.39, 0.29) is 6.04 Å². The molecule has 2 aromatic carbocycles. The van der Waals surface area contributed by atoms with E-state index in [0.717, 1.165) is 24.8 Å².